The van der Waals surface area contributed by atoms with E-state index in [2.05, 4.69) is 9.88 Å². The second kappa shape index (κ2) is 5.31. The number of pyridine rings is 1. The number of hydrogen-bond acceptors (Lipinski definition) is 5. The lowest BCUT2D eigenvalue weighted by Gasteiger charge is -2.48. The standard InChI is InChI=1S/C13H22N4O2S/c1-16(2)13(7-5-8-13)10-17(3)20(18,19)12-11(14)6-4-9-15-12/h4,6,9H,5,7-8,10,14H2,1-3H3. The van der Waals surface area contributed by atoms with E-state index >= 15 is 0 Å². The fraction of sp³-hybridized carbons (Fsp3) is 0.615. The molecule has 20 heavy (non-hydrogen) atoms. The van der Waals surface area contributed by atoms with Crippen LogP contribution in [0.1, 0.15) is 19.3 Å². The van der Waals surface area contributed by atoms with Gasteiger partial charge in [-0.2, -0.15) is 4.31 Å². The van der Waals surface area contributed by atoms with E-state index < -0.39 is 10.0 Å². The second-order valence-electron chi connectivity index (χ2n) is 5.63. The number of nitrogen functional groups attached to an aromatic ring is 1. The van der Waals surface area contributed by atoms with Crippen LogP contribution in [-0.4, -0.2) is 55.8 Å². The largest absolute Gasteiger partial charge is 0.396 e. The zero-order chi connectivity index (χ0) is 15.0. The molecule has 0 radical (unpaired) electrons. The van der Waals surface area contributed by atoms with E-state index in [0.717, 1.165) is 19.3 Å². The lowest BCUT2D eigenvalue weighted by molar-refractivity contribution is 0.0455. The molecule has 1 heterocycles. The van der Waals surface area contributed by atoms with Gasteiger partial charge in [0, 0.05) is 25.3 Å². The highest BCUT2D eigenvalue weighted by atomic mass is 32.2. The SMILES string of the molecule is CN(C)C1(CN(C)S(=O)(=O)c2ncccc2N)CCC1. The van der Waals surface area contributed by atoms with Crippen LogP contribution < -0.4 is 5.73 Å². The quantitative estimate of drug-likeness (QED) is 0.868. The van der Waals surface area contributed by atoms with Crippen LogP contribution in [-0.2, 0) is 10.0 Å². The molecule has 1 aromatic heterocycles. The molecule has 0 spiro atoms. The molecule has 2 N–H and O–H groups in total. The van der Waals surface area contributed by atoms with Crippen molar-refractivity contribution in [3.05, 3.63) is 18.3 Å². The van der Waals surface area contributed by atoms with Gasteiger partial charge in [0.05, 0.1) is 5.69 Å². The maximum absolute atomic E-state index is 12.6. The molecule has 2 rings (SSSR count). The van der Waals surface area contributed by atoms with E-state index in [4.69, 9.17) is 5.73 Å². The van der Waals surface area contributed by atoms with E-state index in [0.29, 0.717) is 6.54 Å². The Labute approximate surface area is 120 Å². The summed E-state index contributed by atoms with van der Waals surface area (Å²) in [5, 5.41) is -0.0595. The van der Waals surface area contributed by atoms with Gasteiger partial charge in [0.25, 0.3) is 10.0 Å². The lowest BCUT2D eigenvalue weighted by Crippen LogP contribution is -2.57. The zero-order valence-electron chi connectivity index (χ0n) is 12.2. The first-order valence-corrected chi connectivity index (χ1v) is 8.08. The molecule has 0 amide bonds. The van der Waals surface area contributed by atoms with Gasteiger partial charge in [-0.15, -0.1) is 0 Å². The molecule has 0 atom stereocenters. The van der Waals surface area contributed by atoms with Crippen molar-refractivity contribution >= 4 is 15.7 Å². The molecule has 0 unspecified atom stereocenters. The predicted molar refractivity (Wildman–Crippen MR) is 78.7 cm³/mol. The molecule has 0 saturated heterocycles. The fourth-order valence-corrected chi connectivity index (χ4v) is 3.86. The van der Waals surface area contributed by atoms with E-state index in [1.54, 1.807) is 19.2 Å². The van der Waals surface area contributed by atoms with E-state index in [1.807, 2.05) is 14.1 Å². The average Bonchev–Trinajstić information content (AvgIpc) is 2.33. The number of likely N-dealkylation sites (N-methyl/N-ethyl adjacent to an activating group) is 2. The van der Waals surface area contributed by atoms with E-state index in [9.17, 15) is 8.42 Å². The highest BCUT2D eigenvalue weighted by molar-refractivity contribution is 7.89. The summed E-state index contributed by atoms with van der Waals surface area (Å²) in [5.74, 6) is 0. The molecule has 6 nitrogen and oxygen atoms in total. The van der Waals surface area contributed by atoms with Crippen molar-refractivity contribution < 1.29 is 8.42 Å². The summed E-state index contributed by atoms with van der Waals surface area (Å²) in [7, 11) is 1.94. The molecule has 1 saturated carbocycles. The third-order valence-electron chi connectivity index (χ3n) is 4.21. The number of anilines is 1. The van der Waals surface area contributed by atoms with Gasteiger partial charge >= 0.3 is 0 Å². The maximum atomic E-state index is 12.6. The molecule has 1 aliphatic carbocycles. The van der Waals surface area contributed by atoms with Crippen LogP contribution in [0.3, 0.4) is 0 Å². The van der Waals surface area contributed by atoms with Crippen LogP contribution in [0.4, 0.5) is 5.69 Å². The number of rotatable bonds is 5. The lowest BCUT2D eigenvalue weighted by atomic mass is 9.75. The Kier molecular flexibility index (Phi) is 4.04. The third-order valence-corrected chi connectivity index (χ3v) is 5.98. The Balaban J connectivity index is 2.24. The van der Waals surface area contributed by atoms with Gasteiger partial charge < -0.3 is 10.6 Å². The van der Waals surface area contributed by atoms with Crippen LogP contribution in [0, 0.1) is 0 Å². The minimum atomic E-state index is -3.64. The Morgan fingerprint density at radius 2 is 2.00 bits per heavy atom. The molecule has 0 bridgehead atoms. The van der Waals surface area contributed by atoms with Gasteiger partial charge in [-0.1, -0.05) is 0 Å². The summed E-state index contributed by atoms with van der Waals surface area (Å²) in [6, 6.07) is 3.18. The minimum absolute atomic E-state index is 0.0595. The van der Waals surface area contributed by atoms with Gasteiger partial charge in [0.2, 0.25) is 0 Å². The van der Waals surface area contributed by atoms with Crippen molar-refractivity contribution in [1.82, 2.24) is 14.2 Å². The molecule has 112 valence electrons. The van der Waals surface area contributed by atoms with Crippen molar-refractivity contribution in [2.75, 3.05) is 33.4 Å². The van der Waals surface area contributed by atoms with E-state index in [1.165, 1.54) is 10.5 Å². The summed E-state index contributed by atoms with van der Waals surface area (Å²) in [4.78, 5) is 6.04. The van der Waals surface area contributed by atoms with Gasteiger partial charge in [0.1, 0.15) is 0 Å². The Morgan fingerprint density at radius 1 is 1.35 bits per heavy atom. The summed E-state index contributed by atoms with van der Waals surface area (Å²) >= 11 is 0. The van der Waals surface area contributed by atoms with Crippen LogP contribution >= 0.6 is 0 Å². The molecular weight excluding hydrogens is 276 g/mol. The first-order chi connectivity index (χ1) is 9.29. The summed E-state index contributed by atoms with van der Waals surface area (Å²) in [6.07, 6.45) is 4.61. The fourth-order valence-electron chi connectivity index (χ4n) is 2.60. The molecule has 0 aromatic carbocycles. The minimum Gasteiger partial charge on any atom is -0.396 e. The Bertz CT molecular complexity index is 582. The van der Waals surface area contributed by atoms with E-state index in [-0.39, 0.29) is 16.3 Å². The number of nitrogens with two attached hydrogens (primary N) is 1. The first kappa shape index (κ1) is 15.2. The number of sulfonamides is 1. The summed E-state index contributed by atoms with van der Waals surface area (Å²) in [5.41, 5.74) is 5.86. The summed E-state index contributed by atoms with van der Waals surface area (Å²) in [6.45, 7) is 0.457. The highest BCUT2D eigenvalue weighted by Crippen LogP contribution is 2.37. The molecular formula is C13H22N4O2S. The van der Waals surface area contributed by atoms with Gasteiger partial charge in [-0.05, 0) is 45.5 Å². The van der Waals surface area contributed by atoms with Crippen molar-refractivity contribution in [3.63, 3.8) is 0 Å². The second-order valence-corrected chi connectivity index (χ2v) is 7.59. The maximum Gasteiger partial charge on any atom is 0.262 e. The van der Waals surface area contributed by atoms with Gasteiger partial charge in [0.15, 0.2) is 5.03 Å². The predicted octanol–water partition coefficient (Wildman–Crippen LogP) is 0.769. The molecule has 1 aromatic rings. The Hall–Kier alpha value is -1.18. The normalized spacial score (nSPS) is 18.2. The van der Waals surface area contributed by atoms with Crippen molar-refractivity contribution in [2.45, 2.75) is 29.8 Å². The number of hydrogen-bond donors (Lipinski definition) is 1. The number of aromatic nitrogens is 1. The molecule has 0 aliphatic heterocycles. The smallest absolute Gasteiger partial charge is 0.262 e. The molecule has 7 heteroatoms. The zero-order valence-corrected chi connectivity index (χ0v) is 13.0. The van der Waals surface area contributed by atoms with Crippen LogP contribution in [0.15, 0.2) is 23.4 Å². The Morgan fingerprint density at radius 3 is 2.45 bits per heavy atom. The number of nitrogens with zero attached hydrogens (tertiary/aromatic N) is 3. The molecule has 1 aliphatic rings. The van der Waals surface area contributed by atoms with Gasteiger partial charge in [-0.3, -0.25) is 0 Å². The summed E-state index contributed by atoms with van der Waals surface area (Å²) < 4.78 is 26.5. The van der Waals surface area contributed by atoms with Crippen LogP contribution in [0.2, 0.25) is 0 Å². The highest BCUT2D eigenvalue weighted by Gasteiger charge is 2.42. The third kappa shape index (κ3) is 2.53. The van der Waals surface area contributed by atoms with Crippen molar-refractivity contribution in [1.29, 1.82) is 0 Å². The topological polar surface area (TPSA) is 79.5 Å². The first-order valence-electron chi connectivity index (χ1n) is 6.64. The monoisotopic (exact) mass is 298 g/mol. The molecule has 1 fully saturated rings. The van der Waals surface area contributed by atoms with Gasteiger partial charge in [-0.25, -0.2) is 13.4 Å². The van der Waals surface area contributed by atoms with Crippen molar-refractivity contribution in [2.24, 2.45) is 0 Å². The van der Waals surface area contributed by atoms with Crippen LogP contribution in [0.25, 0.3) is 0 Å². The van der Waals surface area contributed by atoms with Crippen LogP contribution in [0.5, 0.6) is 0 Å². The van der Waals surface area contributed by atoms with Crippen molar-refractivity contribution in [3.8, 4) is 0 Å². The average molecular weight is 298 g/mol.